The molecule has 1 aliphatic rings. The van der Waals surface area contributed by atoms with Gasteiger partial charge in [-0.15, -0.1) is 12.4 Å². The molecule has 1 aromatic rings. The summed E-state index contributed by atoms with van der Waals surface area (Å²) in [5.74, 6) is 0.970. The van der Waals surface area contributed by atoms with Crippen molar-refractivity contribution >= 4 is 29.9 Å². The van der Waals surface area contributed by atoms with Crippen LogP contribution in [-0.4, -0.2) is 36.3 Å². The Bertz CT molecular complexity index is 606. The van der Waals surface area contributed by atoms with Crippen molar-refractivity contribution in [2.75, 3.05) is 18.9 Å². The Hall–Kier alpha value is -1.59. The maximum absolute atomic E-state index is 12.5. The van der Waals surface area contributed by atoms with Gasteiger partial charge in [-0.25, -0.2) is 0 Å². The summed E-state index contributed by atoms with van der Waals surface area (Å²) in [4.78, 5) is 26.2. The first-order chi connectivity index (χ1) is 11.3. The van der Waals surface area contributed by atoms with Gasteiger partial charge in [0.2, 0.25) is 5.91 Å². The first-order valence-corrected chi connectivity index (χ1v) is 8.71. The van der Waals surface area contributed by atoms with Crippen LogP contribution in [0.1, 0.15) is 44.0 Å². The largest absolute Gasteiger partial charge is 0.342 e. The highest BCUT2D eigenvalue weighted by Gasteiger charge is 2.39. The number of carbonyl (C=O) groups is 2. The predicted octanol–water partition coefficient (Wildman–Crippen LogP) is 3.15. The lowest BCUT2D eigenvalue weighted by Gasteiger charge is -2.21. The molecule has 0 spiro atoms. The molecule has 2 amide bonds. The van der Waals surface area contributed by atoms with E-state index in [1.54, 1.807) is 30.1 Å². The maximum Gasteiger partial charge on any atom is 0.253 e. The number of carbonyl (C=O) groups excluding carboxylic acids is 2. The standard InChI is InChI=1S/C19H29N3O2.ClH/c1-12(2)17(20)8-9-22(4)19(24)14-6-5-7-15(11-14)21-18(23)16-10-13(16)3;/h5-7,11-13,16-17H,8-10,20H2,1-4H3,(H,21,23);1H. The van der Waals surface area contributed by atoms with Gasteiger partial charge < -0.3 is 16.0 Å². The lowest BCUT2D eigenvalue weighted by Crippen LogP contribution is -2.34. The van der Waals surface area contributed by atoms with Crippen molar-refractivity contribution in [2.24, 2.45) is 23.5 Å². The average molecular weight is 368 g/mol. The number of anilines is 1. The Labute approximate surface area is 156 Å². The first kappa shape index (κ1) is 21.5. The lowest BCUT2D eigenvalue weighted by molar-refractivity contribution is -0.117. The zero-order valence-corrected chi connectivity index (χ0v) is 16.3. The van der Waals surface area contributed by atoms with Crippen LogP contribution in [0.15, 0.2) is 24.3 Å². The van der Waals surface area contributed by atoms with Crippen molar-refractivity contribution in [3.63, 3.8) is 0 Å². The van der Waals surface area contributed by atoms with Crippen molar-refractivity contribution in [3.05, 3.63) is 29.8 Å². The van der Waals surface area contributed by atoms with Crippen molar-refractivity contribution < 1.29 is 9.59 Å². The topological polar surface area (TPSA) is 75.4 Å². The molecule has 0 aromatic heterocycles. The number of benzene rings is 1. The van der Waals surface area contributed by atoms with Crippen LogP contribution >= 0.6 is 12.4 Å². The number of nitrogens with zero attached hydrogens (tertiary/aromatic N) is 1. The second-order valence-corrected chi connectivity index (χ2v) is 7.31. The number of nitrogens with two attached hydrogens (primary N) is 1. The third-order valence-electron chi connectivity index (χ3n) is 4.82. The molecule has 1 aliphatic carbocycles. The summed E-state index contributed by atoms with van der Waals surface area (Å²) >= 11 is 0. The number of halogens is 1. The van der Waals surface area contributed by atoms with Crippen LogP contribution in [0.25, 0.3) is 0 Å². The monoisotopic (exact) mass is 367 g/mol. The van der Waals surface area contributed by atoms with Crippen molar-refractivity contribution in [3.8, 4) is 0 Å². The van der Waals surface area contributed by atoms with Crippen LogP contribution in [0.3, 0.4) is 0 Å². The van der Waals surface area contributed by atoms with Gasteiger partial charge in [0.15, 0.2) is 0 Å². The third kappa shape index (κ3) is 6.01. The number of hydrogen-bond donors (Lipinski definition) is 2. The van der Waals surface area contributed by atoms with E-state index >= 15 is 0 Å². The molecule has 1 aromatic carbocycles. The van der Waals surface area contributed by atoms with E-state index in [1.807, 2.05) is 6.07 Å². The van der Waals surface area contributed by atoms with Crippen LogP contribution in [-0.2, 0) is 4.79 Å². The quantitative estimate of drug-likeness (QED) is 0.777. The van der Waals surface area contributed by atoms with E-state index in [0.717, 1.165) is 12.8 Å². The number of amides is 2. The second kappa shape index (κ2) is 9.20. The van der Waals surface area contributed by atoms with E-state index in [2.05, 4.69) is 26.1 Å². The Morgan fingerprint density at radius 3 is 2.56 bits per heavy atom. The minimum Gasteiger partial charge on any atom is -0.342 e. The highest BCUT2D eigenvalue weighted by Crippen LogP contribution is 2.38. The van der Waals surface area contributed by atoms with Crippen molar-refractivity contribution in [2.45, 2.75) is 39.7 Å². The van der Waals surface area contributed by atoms with Gasteiger partial charge in [0.25, 0.3) is 5.91 Å². The van der Waals surface area contributed by atoms with Crippen LogP contribution in [0, 0.1) is 17.8 Å². The van der Waals surface area contributed by atoms with Gasteiger partial charge >= 0.3 is 0 Å². The molecule has 6 heteroatoms. The van der Waals surface area contributed by atoms with Crippen molar-refractivity contribution in [1.82, 2.24) is 4.90 Å². The molecular weight excluding hydrogens is 338 g/mol. The van der Waals surface area contributed by atoms with Crippen LogP contribution < -0.4 is 11.1 Å². The summed E-state index contributed by atoms with van der Waals surface area (Å²) < 4.78 is 0. The summed E-state index contributed by atoms with van der Waals surface area (Å²) in [7, 11) is 1.78. The van der Waals surface area contributed by atoms with E-state index in [-0.39, 0.29) is 36.2 Å². The van der Waals surface area contributed by atoms with Gasteiger partial charge in [-0.2, -0.15) is 0 Å². The minimum atomic E-state index is -0.0538. The van der Waals surface area contributed by atoms with E-state index in [1.165, 1.54) is 0 Å². The van der Waals surface area contributed by atoms with Gasteiger partial charge in [-0.1, -0.05) is 26.8 Å². The zero-order chi connectivity index (χ0) is 17.9. The zero-order valence-electron chi connectivity index (χ0n) is 15.5. The van der Waals surface area contributed by atoms with Crippen LogP contribution in [0.2, 0.25) is 0 Å². The second-order valence-electron chi connectivity index (χ2n) is 7.31. The molecule has 3 N–H and O–H groups in total. The van der Waals surface area contributed by atoms with Crippen molar-refractivity contribution in [1.29, 1.82) is 0 Å². The molecule has 0 radical (unpaired) electrons. The SMILES string of the molecule is CC(C)C(N)CCN(C)C(=O)c1cccc(NC(=O)C2CC2C)c1.Cl. The Kier molecular flexibility index (Phi) is 7.90. The molecule has 0 bridgehead atoms. The lowest BCUT2D eigenvalue weighted by atomic mass is 10.0. The van der Waals surface area contributed by atoms with E-state index in [0.29, 0.717) is 29.6 Å². The summed E-state index contributed by atoms with van der Waals surface area (Å²) in [5.41, 5.74) is 7.30. The fourth-order valence-corrected chi connectivity index (χ4v) is 2.65. The normalized spacial score (nSPS) is 19.8. The number of nitrogens with one attached hydrogen (secondary N) is 1. The number of hydrogen-bond acceptors (Lipinski definition) is 3. The van der Waals surface area contributed by atoms with E-state index in [4.69, 9.17) is 5.73 Å². The molecule has 1 saturated carbocycles. The molecule has 1 fully saturated rings. The highest BCUT2D eigenvalue weighted by molar-refractivity contribution is 5.98. The summed E-state index contributed by atoms with van der Waals surface area (Å²) in [6, 6.07) is 7.22. The maximum atomic E-state index is 12.5. The summed E-state index contributed by atoms with van der Waals surface area (Å²) in [6.45, 7) is 6.86. The molecule has 3 unspecified atom stereocenters. The van der Waals surface area contributed by atoms with Gasteiger partial charge in [0, 0.05) is 36.8 Å². The molecule has 5 nitrogen and oxygen atoms in total. The Balaban J connectivity index is 0.00000312. The van der Waals surface area contributed by atoms with Gasteiger partial charge in [-0.3, -0.25) is 9.59 Å². The molecular formula is C19H30ClN3O2. The number of rotatable bonds is 7. The molecule has 0 heterocycles. The Morgan fingerprint density at radius 1 is 1.36 bits per heavy atom. The van der Waals surface area contributed by atoms with E-state index < -0.39 is 0 Å². The van der Waals surface area contributed by atoms with Gasteiger partial charge in [0.05, 0.1) is 0 Å². The molecule has 0 aliphatic heterocycles. The summed E-state index contributed by atoms with van der Waals surface area (Å²) in [5, 5.41) is 2.90. The smallest absolute Gasteiger partial charge is 0.253 e. The van der Waals surface area contributed by atoms with Crippen LogP contribution in [0.5, 0.6) is 0 Å². The van der Waals surface area contributed by atoms with Gasteiger partial charge in [0.1, 0.15) is 0 Å². The summed E-state index contributed by atoms with van der Waals surface area (Å²) in [6.07, 6.45) is 1.72. The molecule has 140 valence electrons. The van der Waals surface area contributed by atoms with Gasteiger partial charge in [-0.05, 0) is 42.9 Å². The minimum absolute atomic E-state index is 0. The molecule has 0 saturated heterocycles. The van der Waals surface area contributed by atoms with Crippen LogP contribution in [0.4, 0.5) is 5.69 Å². The fourth-order valence-electron chi connectivity index (χ4n) is 2.65. The molecule has 25 heavy (non-hydrogen) atoms. The van der Waals surface area contributed by atoms with E-state index in [9.17, 15) is 9.59 Å². The Morgan fingerprint density at radius 2 is 2.00 bits per heavy atom. The predicted molar refractivity (Wildman–Crippen MR) is 104 cm³/mol. The first-order valence-electron chi connectivity index (χ1n) is 8.71. The fraction of sp³-hybridized carbons (Fsp3) is 0.579. The highest BCUT2D eigenvalue weighted by atomic mass is 35.5. The average Bonchev–Trinajstić information content (AvgIpc) is 3.28. The molecule has 2 rings (SSSR count). The molecule has 3 atom stereocenters. The third-order valence-corrected chi connectivity index (χ3v) is 4.82.